The summed E-state index contributed by atoms with van der Waals surface area (Å²) in [6.45, 7) is 0. The first kappa shape index (κ1) is 24.3. The number of hydrogen-bond acceptors (Lipinski definition) is 10. The number of phenolic OH excluding ortho intramolecular Hbond substituents is 1. The Kier molecular flexibility index (Phi) is 5.80. The Balaban J connectivity index is 2.07. The van der Waals surface area contributed by atoms with Gasteiger partial charge in [-0.25, -0.2) is 0 Å². The number of benzene rings is 1. The molecule has 1 aromatic carbocycles. The van der Waals surface area contributed by atoms with Crippen molar-refractivity contribution in [3.05, 3.63) is 46.2 Å². The summed E-state index contributed by atoms with van der Waals surface area (Å²) in [5, 5.41) is 55.7. The van der Waals surface area contributed by atoms with Crippen molar-refractivity contribution in [2.45, 2.75) is 23.7 Å². The number of rotatable bonds is 4. The van der Waals surface area contributed by atoms with Gasteiger partial charge in [0.1, 0.15) is 22.8 Å². The van der Waals surface area contributed by atoms with Crippen LogP contribution in [0.2, 0.25) is 0 Å². The van der Waals surface area contributed by atoms with Gasteiger partial charge >= 0.3 is 0 Å². The number of aliphatic hydroxyl groups is 4. The number of fused-ring (bicyclic) bond motifs is 3. The second-order valence-corrected chi connectivity index (χ2v) is 9.97. The van der Waals surface area contributed by atoms with E-state index in [1.165, 1.54) is 36.8 Å². The number of aliphatic hydroxyl groups excluding tert-OH is 3. The average Bonchev–Trinajstić information content (AvgIpc) is 2.75. The molecular formula is C23H26N2O8S. The minimum absolute atomic E-state index is 0.00922. The number of thioether (sulfide) groups is 1. The van der Waals surface area contributed by atoms with Gasteiger partial charge in [0.25, 0.3) is 5.91 Å². The molecule has 1 saturated carbocycles. The summed E-state index contributed by atoms with van der Waals surface area (Å²) >= 11 is 1.41. The highest BCUT2D eigenvalue weighted by Crippen LogP contribution is 2.56. The zero-order valence-electron chi connectivity index (χ0n) is 18.7. The zero-order valence-corrected chi connectivity index (χ0v) is 19.5. The molecule has 2 unspecified atom stereocenters. The zero-order chi connectivity index (χ0) is 25.3. The van der Waals surface area contributed by atoms with Gasteiger partial charge in [-0.2, -0.15) is 11.8 Å². The van der Waals surface area contributed by atoms with E-state index in [9.17, 15) is 39.9 Å². The van der Waals surface area contributed by atoms with E-state index in [1.807, 2.05) is 6.26 Å². The van der Waals surface area contributed by atoms with Crippen molar-refractivity contribution >= 4 is 35.0 Å². The number of nitrogens with two attached hydrogens (primary N) is 1. The van der Waals surface area contributed by atoms with Gasteiger partial charge in [-0.1, -0.05) is 12.1 Å². The number of Topliss-reactive ketones (excluding diaryl/α,β-unsaturated/α-hetero) is 2. The molecule has 182 valence electrons. The predicted molar refractivity (Wildman–Crippen MR) is 123 cm³/mol. The molecule has 0 heterocycles. The van der Waals surface area contributed by atoms with E-state index in [-0.39, 0.29) is 16.9 Å². The highest BCUT2D eigenvalue weighted by molar-refractivity contribution is 7.98. The average molecular weight is 491 g/mol. The van der Waals surface area contributed by atoms with E-state index >= 15 is 0 Å². The molecule has 6 atom stereocenters. The van der Waals surface area contributed by atoms with Crippen molar-refractivity contribution in [3.8, 4) is 5.75 Å². The molecule has 1 aromatic rings. The molecule has 4 rings (SSSR count). The minimum atomic E-state index is -2.90. The maximum Gasteiger partial charge on any atom is 0.255 e. The number of carbonyl (C=O) groups excluding carboxylic acids is 3. The van der Waals surface area contributed by atoms with Gasteiger partial charge in [0.15, 0.2) is 11.4 Å². The van der Waals surface area contributed by atoms with E-state index in [1.54, 1.807) is 12.1 Å². The molecule has 0 bridgehead atoms. The van der Waals surface area contributed by atoms with Crippen molar-refractivity contribution in [1.82, 2.24) is 4.90 Å². The van der Waals surface area contributed by atoms with E-state index in [2.05, 4.69) is 0 Å². The molecule has 3 aliphatic rings. The Bertz CT molecular complexity index is 1180. The monoisotopic (exact) mass is 490 g/mol. The van der Waals surface area contributed by atoms with Gasteiger partial charge < -0.3 is 31.3 Å². The molecular weight excluding hydrogens is 464 g/mol. The van der Waals surface area contributed by atoms with Crippen LogP contribution < -0.4 is 5.73 Å². The second-order valence-electron chi connectivity index (χ2n) is 9.06. The Morgan fingerprint density at radius 2 is 1.85 bits per heavy atom. The Hall–Kier alpha value is -2.86. The van der Waals surface area contributed by atoms with Crippen molar-refractivity contribution in [3.63, 3.8) is 0 Å². The Labute approximate surface area is 199 Å². The number of nitrogens with zero attached hydrogens (tertiary/aromatic N) is 1. The standard InChI is InChI=1S/C23H26N2O8S/c1-25(2)16-15-18(28)12-9(7-34-3)8-5-4-6-10(26)11(8)17(27)13(12)20(30)23(15,33)21(31)14(19(16)29)22(24)32/h4-6,9,12,15-16,18,26-28,31,33H,7H2,1-3H3,(H2,24,32)/t9-,12?,15?,16-,18-,23-/m0/s1. The number of aromatic hydroxyl groups is 1. The van der Waals surface area contributed by atoms with Crippen LogP contribution in [0.1, 0.15) is 17.0 Å². The SMILES string of the molecule is CSC[C@H]1c2cccc(O)c2C(O)=C2C(=O)[C@]3(O)C(O)=C(C(N)=O)C(=O)[C@@H](N(C)C)C3[C@@H](O)C21. The van der Waals surface area contributed by atoms with Crippen molar-refractivity contribution in [2.75, 3.05) is 26.1 Å². The lowest BCUT2D eigenvalue weighted by Gasteiger charge is -2.54. The van der Waals surface area contributed by atoms with Crippen LogP contribution in [0.3, 0.4) is 0 Å². The van der Waals surface area contributed by atoms with E-state index < -0.39 is 70.1 Å². The molecule has 0 spiro atoms. The molecule has 0 radical (unpaired) electrons. The van der Waals surface area contributed by atoms with Crippen LogP contribution in [0.15, 0.2) is 35.1 Å². The largest absolute Gasteiger partial charge is 0.508 e. The summed E-state index contributed by atoms with van der Waals surface area (Å²) in [6, 6.07) is 3.20. The van der Waals surface area contributed by atoms with E-state index in [0.717, 1.165) is 0 Å². The number of primary amides is 1. The summed E-state index contributed by atoms with van der Waals surface area (Å²) in [5.74, 6) is -8.44. The third-order valence-corrected chi connectivity index (χ3v) is 7.84. The molecule has 11 heteroatoms. The maximum absolute atomic E-state index is 13.9. The molecule has 1 fully saturated rings. The van der Waals surface area contributed by atoms with E-state index in [4.69, 9.17) is 5.73 Å². The Morgan fingerprint density at radius 1 is 1.21 bits per heavy atom. The summed E-state index contributed by atoms with van der Waals surface area (Å²) in [6.07, 6.45) is 0.217. The molecule has 7 N–H and O–H groups in total. The molecule has 1 amide bonds. The summed E-state index contributed by atoms with van der Waals surface area (Å²) in [5.41, 5.74) is 1.56. The number of carbonyl (C=O) groups is 3. The number of hydrogen-bond donors (Lipinski definition) is 6. The van der Waals surface area contributed by atoms with Gasteiger partial charge in [-0.05, 0) is 32.0 Å². The fourth-order valence-electron chi connectivity index (χ4n) is 5.77. The van der Waals surface area contributed by atoms with Crippen LogP contribution in [0.25, 0.3) is 5.76 Å². The lowest BCUT2D eigenvalue weighted by atomic mass is 9.54. The third-order valence-electron chi connectivity index (χ3n) is 7.14. The van der Waals surface area contributed by atoms with Crippen LogP contribution in [0.4, 0.5) is 0 Å². The maximum atomic E-state index is 13.9. The first-order valence-electron chi connectivity index (χ1n) is 10.5. The first-order valence-corrected chi connectivity index (χ1v) is 11.9. The van der Waals surface area contributed by atoms with E-state index in [0.29, 0.717) is 11.3 Å². The van der Waals surface area contributed by atoms with Crippen molar-refractivity contribution in [1.29, 1.82) is 0 Å². The van der Waals surface area contributed by atoms with Crippen LogP contribution in [0, 0.1) is 11.8 Å². The van der Waals surface area contributed by atoms with Crippen LogP contribution in [0.5, 0.6) is 5.75 Å². The van der Waals surface area contributed by atoms with Gasteiger partial charge in [-0.3, -0.25) is 19.3 Å². The van der Waals surface area contributed by atoms with Crippen LogP contribution in [-0.4, -0.2) is 91.8 Å². The molecule has 10 nitrogen and oxygen atoms in total. The lowest BCUT2D eigenvalue weighted by molar-refractivity contribution is -0.169. The number of ketones is 2. The first-order chi connectivity index (χ1) is 15.9. The summed E-state index contributed by atoms with van der Waals surface area (Å²) in [7, 11) is 2.94. The second kappa shape index (κ2) is 8.12. The molecule has 0 aromatic heterocycles. The highest BCUT2D eigenvalue weighted by atomic mass is 32.2. The number of amides is 1. The molecule has 34 heavy (non-hydrogen) atoms. The predicted octanol–water partition coefficient (Wildman–Crippen LogP) is -0.161. The minimum Gasteiger partial charge on any atom is -0.508 e. The fourth-order valence-corrected chi connectivity index (χ4v) is 6.52. The van der Waals surface area contributed by atoms with Crippen molar-refractivity contribution in [2.24, 2.45) is 17.6 Å². The number of phenols is 1. The Morgan fingerprint density at radius 3 is 2.41 bits per heavy atom. The smallest absolute Gasteiger partial charge is 0.255 e. The van der Waals surface area contributed by atoms with Crippen molar-refractivity contribution < 1.29 is 39.9 Å². The molecule has 3 aliphatic carbocycles. The van der Waals surface area contributed by atoms with Crippen LogP contribution >= 0.6 is 11.8 Å². The van der Waals surface area contributed by atoms with Gasteiger partial charge in [0.05, 0.1) is 23.6 Å². The topological polar surface area (TPSA) is 182 Å². The highest BCUT2D eigenvalue weighted by Gasteiger charge is 2.68. The fraction of sp³-hybridized carbons (Fsp3) is 0.435. The number of likely N-dealkylation sites (N-methyl/N-ethyl adjacent to an activating group) is 1. The summed E-state index contributed by atoms with van der Waals surface area (Å²) < 4.78 is 0. The van der Waals surface area contributed by atoms with Gasteiger partial charge in [0.2, 0.25) is 5.78 Å². The van der Waals surface area contributed by atoms with Gasteiger partial charge in [0, 0.05) is 23.2 Å². The summed E-state index contributed by atoms with van der Waals surface area (Å²) in [4.78, 5) is 40.4. The van der Waals surface area contributed by atoms with Gasteiger partial charge in [-0.15, -0.1) is 0 Å². The molecule has 0 saturated heterocycles. The third kappa shape index (κ3) is 2.97. The lowest BCUT2D eigenvalue weighted by Crippen LogP contribution is -2.70. The van der Waals surface area contributed by atoms with Crippen LogP contribution in [-0.2, 0) is 14.4 Å². The quantitative estimate of drug-likeness (QED) is 0.310. The normalized spacial score (nSPS) is 33.1. The molecule has 0 aliphatic heterocycles.